The fraction of sp³-hybridized carbons (Fsp3) is 0.931. The smallest absolute Gasteiger partial charge is 0.306 e. The Bertz CT molecular complexity index is 452. The molecule has 0 aromatic carbocycles. The second-order valence-electron chi connectivity index (χ2n) is 9.84. The highest BCUT2D eigenvalue weighted by molar-refractivity contribution is 5.70. The van der Waals surface area contributed by atoms with Crippen LogP contribution in [0.25, 0.3) is 0 Å². The maximum absolute atomic E-state index is 11.9. The van der Waals surface area contributed by atoms with E-state index in [0.29, 0.717) is 12.8 Å². The number of unbranched alkanes of at least 4 members (excludes halogenated alkanes) is 18. The minimum atomic E-state index is -0.756. The number of ether oxygens (including phenoxy) is 2. The van der Waals surface area contributed by atoms with E-state index in [0.717, 1.165) is 32.1 Å². The zero-order valence-electron chi connectivity index (χ0n) is 22.6. The van der Waals surface area contributed by atoms with Gasteiger partial charge in [0.2, 0.25) is 0 Å². The van der Waals surface area contributed by atoms with Crippen LogP contribution in [0.4, 0.5) is 0 Å². The molecule has 0 fully saturated rings. The number of hydrogen-bond donors (Lipinski definition) is 1. The Morgan fingerprint density at radius 1 is 0.559 bits per heavy atom. The molecular weight excluding hydrogens is 428 g/mol. The molecule has 0 aromatic heterocycles. The summed E-state index contributed by atoms with van der Waals surface area (Å²) in [6, 6.07) is 0. The van der Waals surface area contributed by atoms with Gasteiger partial charge in [-0.1, -0.05) is 129 Å². The summed E-state index contributed by atoms with van der Waals surface area (Å²) in [7, 11) is 0. The van der Waals surface area contributed by atoms with E-state index in [-0.39, 0.29) is 25.2 Å². The zero-order chi connectivity index (χ0) is 25.1. The summed E-state index contributed by atoms with van der Waals surface area (Å²) >= 11 is 0. The van der Waals surface area contributed by atoms with Gasteiger partial charge in [-0.2, -0.15) is 0 Å². The summed E-state index contributed by atoms with van der Waals surface area (Å²) in [6.07, 6.45) is 24.7. The Balaban J connectivity index is 3.49. The van der Waals surface area contributed by atoms with Crippen LogP contribution in [0.5, 0.6) is 0 Å². The molecule has 0 saturated heterocycles. The van der Waals surface area contributed by atoms with Crippen LogP contribution in [0.3, 0.4) is 0 Å². The fourth-order valence-electron chi connectivity index (χ4n) is 4.14. The Morgan fingerprint density at radius 3 is 1.29 bits per heavy atom. The summed E-state index contributed by atoms with van der Waals surface area (Å²) in [5.74, 6) is -0.599. The molecule has 1 atom stereocenters. The van der Waals surface area contributed by atoms with Gasteiger partial charge in [0.15, 0.2) is 6.10 Å². The van der Waals surface area contributed by atoms with Crippen molar-refractivity contribution in [2.75, 3.05) is 13.2 Å². The summed E-state index contributed by atoms with van der Waals surface area (Å²) in [4.78, 5) is 23.8. The molecule has 5 heteroatoms. The predicted octanol–water partition coefficient (Wildman–Crippen LogP) is 8.06. The molecule has 0 rings (SSSR count). The molecule has 0 aliphatic rings. The predicted molar refractivity (Wildman–Crippen MR) is 141 cm³/mol. The molecule has 0 saturated carbocycles. The second-order valence-corrected chi connectivity index (χ2v) is 9.84. The van der Waals surface area contributed by atoms with Crippen LogP contribution < -0.4 is 0 Å². The Kier molecular flexibility index (Phi) is 25.6. The summed E-state index contributed by atoms with van der Waals surface area (Å²) < 4.78 is 10.4. The highest BCUT2D eigenvalue weighted by Crippen LogP contribution is 2.14. The molecule has 5 nitrogen and oxygen atoms in total. The average molecular weight is 485 g/mol. The summed E-state index contributed by atoms with van der Waals surface area (Å²) in [6.45, 7) is 4.04. The van der Waals surface area contributed by atoms with Crippen molar-refractivity contribution in [2.45, 2.75) is 161 Å². The van der Waals surface area contributed by atoms with Crippen molar-refractivity contribution in [2.24, 2.45) is 0 Å². The van der Waals surface area contributed by atoms with Crippen molar-refractivity contribution >= 4 is 11.9 Å². The molecule has 1 unspecified atom stereocenters. The highest BCUT2D eigenvalue weighted by Gasteiger charge is 2.16. The van der Waals surface area contributed by atoms with Gasteiger partial charge in [0, 0.05) is 12.8 Å². The van der Waals surface area contributed by atoms with Crippen molar-refractivity contribution < 1.29 is 24.2 Å². The van der Waals surface area contributed by atoms with Crippen LogP contribution in [0, 0.1) is 0 Å². The normalized spacial score (nSPS) is 12.0. The number of carbonyl (C=O) groups excluding carboxylic acids is 2. The molecule has 0 radical (unpaired) electrons. The second kappa shape index (κ2) is 26.5. The topological polar surface area (TPSA) is 72.8 Å². The van der Waals surface area contributed by atoms with Gasteiger partial charge in [-0.15, -0.1) is 0 Å². The maximum atomic E-state index is 11.9. The Morgan fingerprint density at radius 2 is 0.912 bits per heavy atom. The fourth-order valence-corrected chi connectivity index (χ4v) is 4.14. The van der Waals surface area contributed by atoms with Crippen molar-refractivity contribution in [3.63, 3.8) is 0 Å². The number of aliphatic hydroxyl groups is 1. The van der Waals surface area contributed by atoms with Gasteiger partial charge in [-0.3, -0.25) is 9.59 Å². The maximum Gasteiger partial charge on any atom is 0.306 e. The first-order valence-corrected chi connectivity index (χ1v) is 14.6. The quantitative estimate of drug-likeness (QED) is 0.0992. The zero-order valence-corrected chi connectivity index (χ0v) is 22.6. The van der Waals surface area contributed by atoms with Crippen LogP contribution in [0.15, 0.2) is 0 Å². The Labute approximate surface area is 210 Å². The lowest BCUT2D eigenvalue weighted by molar-refractivity contribution is -0.161. The number of esters is 2. The van der Waals surface area contributed by atoms with E-state index in [9.17, 15) is 14.7 Å². The number of carbonyl (C=O) groups is 2. The molecule has 0 heterocycles. The molecule has 0 spiro atoms. The SMILES string of the molecule is CCCCCCCCCCCCCCCCCC(=O)OCC(CO)OC(=O)CCCCCCC. The lowest BCUT2D eigenvalue weighted by Gasteiger charge is -2.15. The summed E-state index contributed by atoms with van der Waals surface area (Å²) in [5, 5.41) is 9.38. The van der Waals surface area contributed by atoms with Gasteiger partial charge in [0.1, 0.15) is 6.61 Å². The summed E-state index contributed by atoms with van der Waals surface area (Å²) in [5.41, 5.74) is 0. The van der Waals surface area contributed by atoms with Crippen LogP contribution in [-0.2, 0) is 19.1 Å². The van der Waals surface area contributed by atoms with Gasteiger partial charge in [0.05, 0.1) is 6.61 Å². The van der Waals surface area contributed by atoms with Crippen molar-refractivity contribution in [3.05, 3.63) is 0 Å². The van der Waals surface area contributed by atoms with Crippen molar-refractivity contribution in [3.8, 4) is 0 Å². The van der Waals surface area contributed by atoms with E-state index in [2.05, 4.69) is 13.8 Å². The largest absolute Gasteiger partial charge is 0.462 e. The monoisotopic (exact) mass is 484 g/mol. The van der Waals surface area contributed by atoms with E-state index in [1.54, 1.807) is 0 Å². The van der Waals surface area contributed by atoms with Gasteiger partial charge < -0.3 is 14.6 Å². The number of aliphatic hydroxyl groups excluding tert-OH is 1. The Hall–Kier alpha value is -1.10. The van der Waals surface area contributed by atoms with E-state index in [4.69, 9.17) is 9.47 Å². The third kappa shape index (κ3) is 24.0. The van der Waals surface area contributed by atoms with Crippen LogP contribution >= 0.6 is 0 Å². The van der Waals surface area contributed by atoms with E-state index < -0.39 is 6.10 Å². The first kappa shape index (κ1) is 32.9. The molecule has 0 aliphatic carbocycles. The van der Waals surface area contributed by atoms with E-state index in [1.807, 2.05) is 0 Å². The van der Waals surface area contributed by atoms with E-state index in [1.165, 1.54) is 96.3 Å². The third-order valence-corrected chi connectivity index (χ3v) is 6.40. The van der Waals surface area contributed by atoms with Gasteiger partial charge in [-0.25, -0.2) is 0 Å². The van der Waals surface area contributed by atoms with Crippen molar-refractivity contribution in [1.82, 2.24) is 0 Å². The van der Waals surface area contributed by atoms with Crippen LogP contribution in [0.2, 0.25) is 0 Å². The van der Waals surface area contributed by atoms with Gasteiger partial charge in [0.25, 0.3) is 0 Å². The first-order chi connectivity index (χ1) is 16.6. The minimum Gasteiger partial charge on any atom is -0.462 e. The van der Waals surface area contributed by atoms with Crippen LogP contribution in [0.1, 0.15) is 155 Å². The van der Waals surface area contributed by atoms with Crippen molar-refractivity contribution in [1.29, 1.82) is 0 Å². The van der Waals surface area contributed by atoms with Gasteiger partial charge in [-0.05, 0) is 12.8 Å². The van der Waals surface area contributed by atoms with Crippen LogP contribution in [-0.4, -0.2) is 36.4 Å². The molecule has 0 aliphatic heterocycles. The molecule has 34 heavy (non-hydrogen) atoms. The first-order valence-electron chi connectivity index (χ1n) is 14.6. The number of rotatable bonds is 26. The van der Waals surface area contributed by atoms with E-state index >= 15 is 0 Å². The third-order valence-electron chi connectivity index (χ3n) is 6.40. The molecule has 202 valence electrons. The molecule has 1 N–H and O–H groups in total. The molecule has 0 aromatic rings. The lowest BCUT2D eigenvalue weighted by atomic mass is 10.0. The van der Waals surface area contributed by atoms with Gasteiger partial charge >= 0.3 is 11.9 Å². The average Bonchev–Trinajstić information content (AvgIpc) is 2.84. The lowest BCUT2D eigenvalue weighted by Crippen LogP contribution is -2.28. The molecule has 0 amide bonds. The molecular formula is C29H56O5. The standard InChI is InChI=1S/C29H56O5/c1-3-5-7-9-10-11-12-13-14-15-16-17-18-20-21-23-28(31)33-26-27(25-30)34-29(32)24-22-19-8-6-4-2/h27,30H,3-26H2,1-2H3. The number of hydrogen-bond acceptors (Lipinski definition) is 5. The minimum absolute atomic E-state index is 0.0599. The molecule has 0 bridgehead atoms. The highest BCUT2D eigenvalue weighted by atomic mass is 16.6.